The van der Waals surface area contributed by atoms with Gasteiger partial charge in [0, 0.05) is 31.2 Å². The van der Waals surface area contributed by atoms with E-state index in [9.17, 15) is 0 Å². The highest BCUT2D eigenvalue weighted by Crippen LogP contribution is 2.25. The molecule has 2 saturated heterocycles. The van der Waals surface area contributed by atoms with Crippen molar-refractivity contribution in [1.82, 2.24) is 9.80 Å². The Morgan fingerprint density at radius 3 is 2.75 bits per heavy atom. The maximum atomic E-state index is 5.68. The molecule has 0 aliphatic carbocycles. The van der Waals surface area contributed by atoms with Crippen LogP contribution in [0.1, 0.15) is 43.7 Å². The number of morpholine rings is 1. The van der Waals surface area contributed by atoms with Gasteiger partial charge >= 0.3 is 0 Å². The van der Waals surface area contributed by atoms with Crippen molar-refractivity contribution in [2.75, 3.05) is 40.0 Å². The largest absolute Gasteiger partial charge is 0.496 e. The van der Waals surface area contributed by atoms with E-state index in [1.807, 2.05) is 0 Å². The Kier molecular flexibility index (Phi) is 6.52. The molecule has 1 aromatic carbocycles. The summed E-state index contributed by atoms with van der Waals surface area (Å²) < 4.78 is 11.3. The van der Waals surface area contributed by atoms with Gasteiger partial charge in [0.1, 0.15) is 5.75 Å². The van der Waals surface area contributed by atoms with Crippen LogP contribution in [0.2, 0.25) is 0 Å². The number of hydrogen-bond donors (Lipinski definition) is 0. The fraction of sp³-hybridized carbons (Fsp3) is 0.700. The molecule has 0 amide bonds. The van der Waals surface area contributed by atoms with Crippen LogP contribution in [-0.4, -0.2) is 55.8 Å². The van der Waals surface area contributed by atoms with E-state index < -0.39 is 0 Å². The molecular formula is C20H32N2O2. The third-order valence-corrected chi connectivity index (χ3v) is 5.29. The van der Waals surface area contributed by atoms with Gasteiger partial charge in [-0.3, -0.25) is 9.80 Å². The molecule has 2 heterocycles. The van der Waals surface area contributed by atoms with Gasteiger partial charge < -0.3 is 9.47 Å². The zero-order chi connectivity index (χ0) is 16.8. The van der Waals surface area contributed by atoms with E-state index in [1.54, 1.807) is 7.11 Å². The highest BCUT2D eigenvalue weighted by molar-refractivity contribution is 5.37. The number of methoxy groups -OCH3 is 1. The average molecular weight is 332 g/mol. The van der Waals surface area contributed by atoms with Crippen LogP contribution in [0.5, 0.6) is 5.75 Å². The van der Waals surface area contributed by atoms with E-state index in [0.717, 1.165) is 38.6 Å². The predicted octanol–water partition coefficient (Wildman–Crippen LogP) is 3.29. The van der Waals surface area contributed by atoms with Gasteiger partial charge in [0.25, 0.3) is 0 Å². The Morgan fingerprint density at radius 2 is 2.00 bits per heavy atom. The third-order valence-electron chi connectivity index (χ3n) is 5.29. The van der Waals surface area contributed by atoms with Crippen molar-refractivity contribution in [2.24, 2.45) is 0 Å². The van der Waals surface area contributed by atoms with Crippen molar-refractivity contribution in [3.63, 3.8) is 0 Å². The molecule has 0 aromatic heterocycles. The van der Waals surface area contributed by atoms with E-state index in [2.05, 4.69) is 34.9 Å². The predicted molar refractivity (Wildman–Crippen MR) is 97.4 cm³/mol. The number of ether oxygens (including phenoxy) is 2. The summed E-state index contributed by atoms with van der Waals surface area (Å²) in [5, 5.41) is 0. The number of benzene rings is 1. The third kappa shape index (κ3) is 4.50. The molecule has 2 fully saturated rings. The first-order chi connectivity index (χ1) is 11.8. The summed E-state index contributed by atoms with van der Waals surface area (Å²) in [5.41, 5.74) is 2.73. The first kappa shape index (κ1) is 17.7. The second-order valence-corrected chi connectivity index (χ2v) is 7.12. The van der Waals surface area contributed by atoms with Crippen molar-refractivity contribution in [3.05, 3.63) is 29.3 Å². The SMILES string of the molecule is CCC[C@H]1COCCN1Cc1ccc(OC)c(CN2CCCC2)c1. The van der Waals surface area contributed by atoms with Crippen LogP contribution in [0.4, 0.5) is 0 Å². The van der Waals surface area contributed by atoms with Gasteiger partial charge in [-0.15, -0.1) is 0 Å². The Hall–Kier alpha value is -1.10. The Balaban J connectivity index is 1.70. The fourth-order valence-corrected chi connectivity index (χ4v) is 3.97. The summed E-state index contributed by atoms with van der Waals surface area (Å²) in [6.45, 7) is 9.50. The molecule has 2 aliphatic heterocycles. The zero-order valence-corrected chi connectivity index (χ0v) is 15.3. The van der Waals surface area contributed by atoms with Crippen LogP contribution in [0.3, 0.4) is 0 Å². The molecule has 0 unspecified atom stereocenters. The van der Waals surface area contributed by atoms with Crippen molar-refractivity contribution >= 4 is 0 Å². The number of nitrogens with zero attached hydrogens (tertiary/aromatic N) is 2. The lowest BCUT2D eigenvalue weighted by molar-refractivity contribution is -0.0147. The van der Waals surface area contributed by atoms with E-state index in [0.29, 0.717) is 6.04 Å². The van der Waals surface area contributed by atoms with Gasteiger partial charge in [-0.1, -0.05) is 19.4 Å². The summed E-state index contributed by atoms with van der Waals surface area (Å²) >= 11 is 0. The Morgan fingerprint density at radius 1 is 1.17 bits per heavy atom. The van der Waals surface area contributed by atoms with Crippen LogP contribution in [0, 0.1) is 0 Å². The average Bonchev–Trinajstić information content (AvgIpc) is 3.10. The first-order valence-corrected chi connectivity index (χ1v) is 9.50. The summed E-state index contributed by atoms with van der Waals surface area (Å²) in [5.74, 6) is 1.03. The molecule has 134 valence electrons. The highest BCUT2D eigenvalue weighted by atomic mass is 16.5. The van der Waals surface area contributed by atoms with Crippen LogP contribution in [0.25, 0.3) is 0 Å². The summed E-state index contributed by atoms with van der Waals surface area (Å²) in [6.07, 6.45) is 5.09. The van der Waals surface area contributed by atoms with Gasteiger partial charge in [-0.25, -0.2) is 0 Å². The molecule has 2 aliphatic rings. The lowest BCUT2D eigenvalue weighted by atomic mass is 10.1. The fourth-order valence-electron chi connectivity index (χ4n) is 3.97. The minimum Gasteiger partial charge on any atom is -0.496 e. The van der Waals surface area contributed by atoms with Gasteiger partial charge in [0.15, 0.2) is 0 Å². The molecule has 4 heteroatoms. The lowest BCUT2D eigenvalue weighted by Gasteiger charge is -2.35. The molecule has 1 atom stereocenters. The summed E-state index contributed by atoms with van der Waals surface area (Å²) in [7, 11) is 1.78. The van der Waals surface area contributed by atoms with Gasteiger partial charge in [-0.05, 0) is 50.0 Å². The molecule has 0 saturated carbocycles. The molecule has 0 spiro atoms. The maximum Gasteiger partial charge on any atom is 0.123 e. The van der Waals surface area contributed by atoms with Crippen molar-refractivity contribution < 1.29 is 9.47 Å². The smallest absolute Gasteiger partial charge is 0.123 e. The molecule has 4 nitrogen and oxygen atoms in total. The molecular weight excluding hydrogens is 300 g/mol. The van der Waals surface area contributed by atoms with Crippen LogP contribution in [0.15, 0.2) is 18.2 Å². The topological polar surface area (TPSA) is 24.9 Å². The van der Waals surface area contributed by atoms with Crippen molar-refractivity contribution in [2.45, 2.75) is 51.7 Å². The minimum atomic E-state index is 0.563. The van der Waals surface area contributed by atoms with Gasteiger partial charge in [-0.2, -0.15) is 0 Å². The summed E-state index contributed by atoms with van der Waals surface area (Å²) in [6, 6.07) is 7.30. The molecule has 0 bridgehead atoms. The second kappa shape index (κ2) is 8.84. The van der Waals surface area contributed by atoms with Crippen LogP contribution < -0.4 is 4.74 Å². The van der Waals surface area contributed by atoms with Crippen molar-refractivity contribution in [3.8, 4) is 5.75 Å². The zero-order valence-electron chi connectivity index (χ0n) is 15.3. The van der Waals surface area contributed by atoms with E-state index in [1.165, 1.54) is 49.9 Å². The normalized spacial score (nSPS) is 22.8. The van der Waals surface area contributed by atoms with E-state index in [-0.39, 0.29) is 0 Å². The van der Waals surface area contributed by atoms with E-state index in [4.69, 9.17) is 9.47 Å². The van der Waals surface area contributed by atoms with Crippen LogP contribution in [-0.2, 0) is 17.8 Å². The van der Waals surface area contributed by atoms with Crippen LogP contribution >= 0.6 is 0 Å². The van der Waals surface area contributed by atoms with E-state index >= 15 is 0 Å². The summed E-state index contributed by atoms with van der Waals surface area (Å²) in [4.78, 5) is 5.13. The monoisotopic (exact) mass is 332 g/mol. The molecule has 3 rings (SSSR count). The molecule has 24 heavy (non-hydrogen) atoms. The molecule has 1 aromatic rings. The van der Waals surface area contributed by atoms with Crippen molar-refractivity contribution in [1.29, 1.82) is 0 Å². The Labute approximate surface area is 146 Å². The standard InChI is InChI=1S/C20H32N2O2/c1-3-6-19-16-24-12-11-22(19)14-17-7-8-20(23-2)18(13-17)15-21-9-4-5-10-21/h7-8,13,19H,3-6,9-12,14-16H2,1-2H3/t19-/m0/s1. The number of hydrogen-bond acceptors (Lipinski definition) is 4. The number of rotatable bonds is 7. The highest BCUT2D eigenvalue weighted by Gasteiger charge is 2.22. The quantitative estimate of drug-likeness (QED) is 0.765. The molecule has 0 radical (unpaired) electrons. The second-order valence-electron chi connectivity index (χ2n) is 7.12. The van der Waals surface area contributed by atoms with Gasteiger partial charge in [0.2, 0.25) is 0 Å². The molecule has 0 N–H and O–H groups in total. The lowest BCUT2D eigenvalue weighted by Crippen LogP contribution is -2.44. The minimum absolute atomic E-state index is 0.563. The number of likely N-dealkylation sites (tertiary alicyclic amines) is 1. The van der Waals surface area contributed by atoms with Gasteiger partial charge in [0.05, 0.1) is 20.3 Å². The maximum absolute atomic E-state index is 5.68. The first-order valence-electron chi connectivity index (χ1n) is 9.50. The Bertz CT molecular complexity index is 512.